The lowest BCUT2D eigenvalue weighted by Gasteiger charge is -2.39. The van der Waals surface area contributed by atoms with E-state index in [0.717, 1.165) is 11.1 Å². The zero-order chi connectivity index (χ0) is 19.4. The van der Waals surface area contributed by atoms with Crippen molar-refractivity contribution in [1.29, 1.82) is 0 Å². The summed E-state index contributed by atoms with van der Waals surface area (Å²) in [4.78, 5) is 25.7. The maximum atomic E-state index is 11.9. The molecule has 1 amide bonds. The highest BCUT2D eigenvalue weighted by atomic mass is 35.5. The summed E-state index contributed by atoms with van der Waals surface area (Å²) in [6, 6.07) is 15.4. The van der Waals surface area contributed by atoms with Crippen LogP contribution in [0.25, 0.3) is 0 Å². The topological polar surface area (TPSA) is 66.7 Å². The van der Waals surface area contributed by atoms with Crippen LogP contribution in [-0.4, -0.2) is 53.4 Å². The van der Waals surface area contributed by atoms with E-state index in [-0.39, 0.29) is 6.04 Å². The molecule has 0 aliphatic carbocycles. The molecule has 0 unspecified atom stereocenters. The van der Waals surface area contributed by atoms with Gasteiger partial charge in [0.25, 0.3) is 12.5 Å². The minimum absolute atomic E-state index is 0.00713. The number of amides is 1. The summed E-state index contributed by atoms with van der Waals surface area (Å²) in [6.45, 7) is 1.52. The monoisotopic (exact) mass is 407 g/mol. The first-order valence-corrected chi connectivity index (χ1v) is 9.34. The SMILES string of the molecule is O=C(C[N+](=O)[O-])N1CCN(C(c2ccc(Cl)cc2)c2ccc(Cl)cc2)CC1. The van der Waals surface area contributed by atoms with Crippen LogP contribution in [0.1, 0.15) is 17.2 Å². The number of nitro groups is 1. The molecule has 0 radical (unpaired) electrons. The summed E-state index contributed by atoms with van der Waals surface area (Å²) in [5, 5.41) is 11.9. The predicted octanol–water partition coefficient (Wildman–Crippen LogP) is 3.50. The highest BCUT2D eigenvalue weighted by Crippen LogP contribution is 2.31. The van der Waals surface area contributed by atoms with Crippen molar-refractivity contribution in [1.82, 2.24) is 9.80 Å². The van der Waals surface area contributed by atoms with Gasteiger partial charge in [-0.3, -0.25) is 19.8 Å². The van der Waals surface area contributed by atoms with Crippen LogP contribution >= 0.6 is 23.2 Å². The molecule has 1 aliphatic rings. The first-order valence-electron chi connectivity index (χ1n) is 8.58. The fourth-order valence-electron chi connectivity index (χ4n) is 3.34. The maximum Gasteiger partial charge on any atom is 0.294 e. The number of hydrogen-bond acceptors (Lipinski definition) is 4. The van der Waals surface area contributed by atoms with Crippen LogP contribution in [0.5, 0.6) is 0 Å². The van der Waals surface area contributed by atoms with Crippen molar-refractivity contribution in [2.24, 2.45) is 0 Å². The molecule has 6 nitrogen and oxygen atoms in total. The number of benzene rings is 2. The molecule has 0 N–H and O–H groups in total. The zero-order valence-electron chi connectivity index (χ0n) is 14.6. The maximum absolute atomic E-state index is 11.9. The number of carbonyl (C=O) groups excluding carboxylic acids is 1. The molecule has 2 aromatic carbocycles. The van der Waals surface area contributed by atoms with Gasteiger partial charge < -0.3 is 4.90 Å². The molecule has 1 aliphatic heterocycles. The van der Waals surface area contributed by atoms with Gasteiger partial charge in [-0.05, 0) is 35.4 Å². The summed E-state index contributed by atoms with van der Waals surface area (Å²) in [6.07, 6.45) is 0. The van der Waals surface area contributed by atoms with Crippen molar-refractivity contribution in [2.75, 3.05) is 32.7 Å². The van der Waals surface area contributed by atoms with Crippen molar-refractivity contribution in [3.63, 3.8) is 0 Å². The molecule has 3 rings (SSSR count). The molecule has 0 bridgehead atoms. The predicted molar refractivity (Wildman–Crippen MR) is 105 cm³/mol. The van der Waals surface area contributed by atoms with Crippen molar-refractivity contribution in [3.05, 3.63) is 79.8 Å². The second-order valence-electron chi connectivity index (χ2n) is 6.41. The standard InChI is InChI=1S/C19H19Cl2N3O3/c20-16-5-1-14(2-6-16)19(15-3-7-17(21)8-4-15)23-11-9-22(10-12-23)18(25)13-24(26)27/h1-8,19H,9-13H2. The van der Waals surface area contributed by atoms with Crippen LogP contribution in [0.3, 0.4) is 0 Å². The Hall–Kier alpha value is -2.15. The number of rotatable bonds is 5. The molecule has 1 fully saturated rings. The molecule has 142 valence electrons. The molecule has 27 heavy (non-hydrogen) atoms. The van der Waals surface area contributed by atoms with Crippen LogP contribution in [0, 0.1) is 10.1 Å². The van der Waals surface area contributed by atoms with Gasteiger partial charge in [-0.2, -0.15) is 0 Å². The molecule has 0 saturated carbocycles. The Morgan fingerprint density at radius 2 is 1.37 bits per heavy atom. The fourth-order valence-corrected chi connectivity index (χ4v) is 3.60. The molecule has 0 aromatic heterocycles. The van der Waals surface area contributed by atoms with E-state index in [0.29, 0.717) is 36.2 Å². The van der Waals surface area contributed by atoms with Crippen LogP contribution < -0.4 is 0 Å². The Kier molecular flexibility index (Phi) is 6.31. The first-order chi connectivity index (χ1) is 12.9. The van der Waals surface area contributed by atoms with Crippen LogP contribution in [0.2, 0.25) is 10.0 Å². The molecule has 8 heteroatoms. The highest BCUT2D eigenvalue weighted by molar-refractivity contribution is 6.30. The van der Waals surface area contributed by atoms with E-state index in [1.54, 1.807) is 4.90 Å². The van der Waals surface area contributed by atoms with Crippen LogP contribution in [0.4, 0.5) is 0 Å². The number of piperazine rings is 1. The van der Waals surface area contributed by atoms with Crippen molar-refractivity contribution in [2.45, 2.75) is 6.04 Å². The molecular weight excluding hydrogens is 389 g/mol. The molecule has 1 heterocycles. The van der Waals surface area contributed by atoms with Crippen LogP contribution in [0.15, 0.2) is 48.5 Å². The van der Waals surface area contributed by atoms with Gasteiger partial charge in [-0.1, -0.05) is 47.5 Å². The van der Waals surface area contributed by atoms with Gasteiger partial charge >= 0.3 is 0 Å². The van der Waals surface area contributed by atoms with Crippen molar-refractivity contribution < 1.29 is 9.72 Å². The van der Waals surface area contributed by atoms with Gasteiger partial charge in [0.2, 0.25) is 0 Å². The normalized spacial score (nSPS) is 15.1. The lowest BCUT2D eigenvalue weighted by molar-refractivity contribution is -0.468. The largest absolute Gasteiger partial charge is 0.334 e. The Balaban J connectivity index is 1.80. The number of nitrogens with zero attached hydrogens (tertiary/aromatic N) is 3. The average molecular weight is 408 g/mol. The lowest BCUT2D eigenvalue weighted by atomic mass is 9.96. The second kappa shape index (κ2) is 8.69. The number of hydrogen-bond donors (Lipinski definition) is 0. The minimum atomic E-state index is -0.655. The minimum Gasteiger partial charge on any atom is -0.334 e. The Bertz CT molecular complexity index is 758. The molecule has 0 spiro atoms. The summed E-state index contributed by atoms with van der Waals surface area (Å²) < 4.78 is 0. The number of carbonyl (C=O) groups is 1. The van der Waals surface area contributed by atoms with Gasteiger partial charge in [0.05, 0.1) is 6.04 Å². The Morgan fingerprint density at radius 3 is 1.78 bits per heavy atom. The second-order valence-corrected chi connectivity index (χ2v) is 7.29. The lowest BCUT2D eigenvalue weighted by Crippen LogP contribution is -2.51. The average Bonchev–Trinajstić information content (AvgIpc) is 2.65. The smallest absolute Gasteiger partial charge is 0.294 e. The third-order valence-corrected chi connectivity index (χ3v) is 5.17. The van der Waals surface area contributed by atoms with E-state index in [4.69, 9.17) is 23.2 Å². The fraction of sp³-hybridized carbons (Fsp3) is 0.316. The Morgan fingerprint density at radius 1 is 0.926 bits per heavy atom. The van der Waals surface area contributed by atoms with Gasteiger partial charge in [-0.15, -0.1) is 0 Å². The van der Waals surface area contributed by atoms with Gasteiger partial charge in [0, 0.05) is 41.1 Å². The van der Waals surface area contributed by atoms with Crippen LogP contribution in [-0.2, 0) is 4.79 Å². The zero-order valence-corrected chi connectivity index (χ0v) is 16.1. The van der Waals surface area contributed by atoms with Gasteiger partial charge in [0.15, 0.2) is 0 Å². The molecule has 1 saturated heterocycles. The van der Waals surface area contributed by atoms with Crippen molar-refractivity contribution in [3.8, 4) is 0 Å². The van der Waals surface area contributed by atoms with Gasteiger partial charge in [0.1, 0.15) is 0 Å². The highest BCUT2D eigenvalue weighted by Gasteiger charge is 2.29. The van der Waals surface area contributed by atoms with E-state index in [9.17, 15) is 14.9 Å². The third-order valence-electron chi connectivity index (χ3n) is 4.67. The Labute approximate surface area is 167 Å². The van der Waals surface area contributed by atoms with Crippen molar-refractivity contribution >= 4 is 29.1 Å². The van der Waals surface area contributed by atoms with Gasteiger partial charge in [-0.25, -0.2) is 0 Å². The van der Waals surface area contributed by atoms with E-state index >= 15 is 0 Å². The van der Waals surface area contributed by atoms with E-state index < -0.39 is 17.4 Å². The summed E-state index contributed by atoms with van der Waals surface area (Å²) in [5.41, 5.74) is 2.18. The van der Waals surface area contributed by atoms with E-state index in [1.807, 2.05) is 48.5 Å². The van der Waals surface area contributed by atoms with E-state index in [1.165, 1.54) is 0 Å². The quantitative estimate of drug-likeness (QED) is 0.561. The summed E-state index contributed by atoms with van der Waals surface area (Å²) in [7, 11) is 0. The molecular formula is C19H19Cl2N3O3. The summed E-state index contributed by atoms with van der Waals surface area (Å²) >= 11 is 12.1. The summed E-state index contributed by atoms with van der Waals surface area (Å²) in [5.74, 6) is -0.436. The van der Waals surface area contributed by atoms with E-state index in [2.05, 4.69) is 4.90 Å². The molecule has 2 aromatic rings. The number of halogens is 2. The molecule has 0 atom stereocenters. The third kappa shape index (κ3) is 4.97. The first kappa shape index (κ1) is 19.6.